The molecular formula is C43H46N4O9Si. The first kappa shape index (κ1) is 38.3. The Balaban J connectivity index is 1.21. The highest BCUT2D eigenvalue weighted by Crippen LogP contribution is 2.60. The van der Waals surface area contributed by atoms with Crippen LogP contribution in [0.2, 0.25) is 18.6 Å². The van der Waals surface area contributed by atoms with Gasteiger partial charge in [0.05, 0.1) is 64.1 Å². The number of nitrogens with zero attached hydrogens (tertiary/aromatic N) is 4. The molecule has 4 aromatic rings. The molecule has 0 aromatic heterocycles. The molecule has 4 aromatic carbocycles. The molecule has 0 unspecified atom stereocenters. The second-order valence-corrected chi connectivity index (χ2v) is 20.7. The lowest BCUT2D eigenvalue weighted by Crippen LogP contribution is -2.52. The second kappa shape index (κ2) is 14.7. The fourth-order valence-electron chi connectivity index (χ4n) is 9.74. The highest BCUT2D eigenvalue weighted by molar-refractivity contribution is 6.91. The first-order chi connectivity index (χ1) is 27.4. The van der Waals surface area contributed by atoms with E-state index in [4.69, 9.17) is 14.2 Å². The van der Waals surface area contributed by atoms with Gasteiger partial charge in [-0.25, -0.2) is 4.79 Å². The zero-order valence-electron chi connectivity index (χ0n) is 32.4. The molecule has 5 atom stereocenters. The molecule has 57 heavy (non-hydrogen) atoms. The van der Waals surface area contributed by atoms with Crippen LogP contribution in [0.15, 0.2) is 91.0 Å². The van der Waals surface area contributed by atoms with Crippen molar-refractivity contribution in [2.75, 3.05) is 36.7 Å². The molecule has 1 N–H and O–H groups in total. The molecule has 0 aliphatic carbocycles. The molecule has 8 rings (SSSR count). The van der Waals surface area contributed by atoms with Crippen molar-refractivity contribution in [3.8, 4) is 5.75 Å². The Labute approximate surface area is 331 Å². The van der Waals surface area contributed by atoms with E-state index in [-0.39, 0.29) is 49.2 Å². The number of nitro groups is 1. The quantitative estimate of drug-likeness (QED) is 0.122. The third-order valence-corrected chi connectivity index (χ3v) is 17.0. The summed E-state index contributed by atoms with van der Waals surface area (Å²) in [5.41, 5.74) is 2.26. The van der Waals surface area contributed by atoms with E-state index in [1.54, 1.807) is 23.0 Å². The predicted molar refractivity (Wildman–Crippen MR) is 215 cm³/mol. The van der Waals surface area contributed by atoms with Crippen LogP contribution in [-0.2, 0) is 44.2 Å². The third-order valence-electron chi connectivity index (χ3n) is 12.6. The summed E-state index contributed by atoms with van der Waals surface area (Å²) in [6.07, 6.45) is -0.713. The maximum absolute atomic E-state index is 15.4. The van der Waals surface area contributed by atoms with E-state index in [2.05, 4.69) is 13.1 Å². The van der Waals surface area contributed by atoms with Crippen molar-refractivity contribution in [1.82, 2.24) is 4.90 Å². The number of methoxy groups -OCH3 is 1. The number of amides is 3. The minimum absolute atomic E-state index is 0.0481. The first-order valence-corrected chi connectivity index (χ1v) is 22.4. The van der Waals surface area contributed by atoms with Crippen LogP contribution >= 0.6 is 0 Å². The van der Waals surface area contributed by atoms with Gasteiger partial charge in [-0.05, 0) is 59.0 Å². The molecule has 4 aliphatic rings. The van der Waals surface area contributed by atoms with E-state index in [9.17, 15) is 24.8 Å². The molecule has 2 saturated heterocycles. The second-order valence-electron chi connectivity index (χ2n) is 16.0. The Kier molecular flexibility index (Phi) is 9.91. The number of non-ortho nitro benzene ring substituents is 1. The Bertz CT molecular complexity index is 2250. The average molecular weight is 791 g/mol. The van der Waals surface area contributed by atoms with Crippen molar-refractivity contribution < 1.29 is 38.6 Å². The van der Waals surface area contributed by atoms with Gasteiger partial charge in [0.15, 0.2) is 5.60 Å². The van der Waals surface area contributed by atoms with Gasteiger partial charge in [0.2, 0.25) is 5.91 Å². The zero-order valence-corrected chi connectivity index (χ0v) is 33.4. The fraction of sp³-hybridized carbons (Fsp3) is 0.372. The Hall–Kier alpha value is -5.57. The van der Waals surface area contributed by atoms with Gasteiger partial charge in [0.1, 0.15) is 12.4 Å². The molecular weight excluding hydrogens is 745 g/mol. The number of carbonyl (C=O) groups excluding carboxylic acids is 3. The van der Waals surface area contributed by atoms with Gasteiger partial charge in [-0.1, -0.05) is 73.7 Å². The maximum atomic E-state index is 15.4. The Morgan fingerprint density at radius 3 is 2.46 bits per heavy atom. The molecule has 4 aliphatic heterocycles. The minimum Gasteiger partial charge on any atom is -0.497 e. The summed E-state index contributed by atoms with van der Waals surface area (Å²) in [7, 11) is -1.06. The summed E-state index contributed by atoms with van der Waals surface area (Å²) in [6.45, 7) is 7.34. The lowest BCUT2D eigenvalue weighted by molar-refractivity contribution is -0.385. The number of anilines is 2. The normalized spacial score (nSPS) is 24.1. The summed E-state index contributed by atoms with van der Waals surface area (Å²) in [4.78, 5) is 59.0. The fourth-order valence-corrected chi connectivity index (χ4v) is 13.7. The Morgan fingerprint density at radius 2 is 1.77 bits per heavy atom. The smallest absolute Gasteiger partial charge is 0.414 e. The van der Waals surface area contributed by atoms with Crippen molar-refractivity contribution in [3.05, 3.63) is 123 Å². The molecule has 3 amide bonds. The van der Waals surface area contributed by atoms with Crippen molar-refractivity contribution in [1.29, 1.82) is 0 Å². The Morgan fingerprint density at radius 1 is 1.02 bits per heavy atom. The zero-order chi connectivity index (χ0) is 40.2. The van der Waals surface area contributed by atoms with E-state index in [1.165, 1.54) is 17.0 Å². The number of cyclic esters (lactones) is 1. The standard InChI is InChI=1S/C43H46N4O9Si/c1-27-40(57(3,4)35-15-13-34(54-2)14-16-35)38(23-39(49)45-25-30-10-6-5-9-29(30)21-33(45)26-48)56-43(27)36-22-32(47(52)53)12-17-37(36)46(41(43)50)24-28-8-7-11-31(20-28)44-18-19-55-42(44)51/h5-17,20,22,27,33,38,40,48H,18-19,21,23-26H2,1-4H3/t27-,33-,38+,40-,43+/m0/s1. The van der Waals surface area contributed by atoms with Gasteiger partial charge < -0.3 is 29.1 Å². The van der Waals surface area contributed by atoms with Crippen LogP contribution in [0.3, 0.4) is 0 Å². The number of hydrogen-bond donors (Lipinski definition) is 1. The van der Waals surface area contributed by atoms with Crippen LogP contribution in [0.25, 0.3) is 0 Å². The number of benzene rings is 4. The molecule has 14 heteroatoms. The van der Waals surface area contributed by atoms with Crippen LogP contribution in [0.4, 0.5) is 21.9 Å². The predicted octanol–water partition coefficient (Wildman–Crippen LogP) is 5.66. The molecule has 0 bridgehead atoms. The summed E-state index contributed by atoms with van der Waals surface area (Å²) < 4.78 is 17.8. The highest BCUT2D eigenvalue weighted by Gasteiger charge is 2.67. The van der Waals surface area contributed by atoms with E-state index >= 15 is 4.79 Å². The van der Waals surface area contributed by atoms with Crippen molar-refractivity contribution in [3.63, 3.8) is 0 Å². The van der Waals surface area contributed by atoms with Gasteiger partial charge in [0.25, 0.3) is 11.6 Å². The maximum Gasteiger partial charge on any atom is 0.414 e. The van der Waals surface area contributed by atoms with E-state index in [0.29, 0.717) is 42.2 Å². The lowest BCUT2D eigenvalue weighted by atomic mass is 9.82. The summed E-state index contributed by atoms with van der Waals surface area (Å²) >= 11 is 0. The SMILES string of the molecule is COc1ccc([Si](C)(C)[C@@H]2[C@@H](CC(=O)N3Cc4ccccc4C[C@H]3CO)O[C@]3(C(=O)N(Cc4cccc(N5CCOC5=O)c4)c4ccc([N+](=O)[O-])cc43)[C@H]2C)cc1. The summed E-state index contributed by atoms with van der Waals surface area (Å²) in [6, 6.07) is 27.2. The number of aliphatic hydroxyl groups excluding tert-OH is 1. The molecule has 4 heterocycles. The van der Waals surface area contributed by atoms with Crippen LogP contribution in [0, 0.1) is 16.0 Å². The number of ether oxygens (including phenoxy) is 3. The molecule has 296 valence electrons. The van der Waals surface area contributed by atoms with Crippen LogP contribution in [0.1, 0.15) is 35.6 Å². The van der Waals surface area contributed by atoms with Gasteiger partial charge >= 0.3 is 6.09 Å². The summed E-state index contributed by atoms with van der Waals surface area (Å²) in [5, 5.41) is 23.8. The van der Waals surface area contributed by atoms with Crippen LogP contribution in [0.5, 0.6) is 5.75 Å². The van der Waals surface area contributed by atoms with Gasteiger partial charge in [-0.2, -0.15) is 0 Å². The number of nitro benzene ring substituents is 1. The first-order valence-electron chi connectivity index (χ1n) is 19.3. The molecule has 0 saturated carbocycles. The van der Waals surface area contributed by atoms with E-state index in [1.807, 2.05) is 79.7 Å². The number of aliphatic hydroxyl groups is 1. The van der Waals surface area contributed by atoms with Gasteiger partial charge in [-0.15, -0.1) is 0 Å². The van der Waals surface area contributed by atoms with Crippen LogP contribution < -0.4 is 19.7 Å². The van der Waals surface area contributed by atoms with E-state index < -0.39 is 42.8 Å². The largest absolute Gasteiger partial charge is 0.497 e. The van der Waals surface area contributed by atoms with Crippen molar-refractivity contribution in [2.24, 2.45) is 5.92 Å². The van der Waals surface area contributed by atoms with Crippen LogP contribution in [-0.4, -0.2) is 79.9 Å². The molecule has 13 nitrogen and oxygen atoms in total. The monoisotopic (exact) mass is 790 g/mol. The van der Waals surface area contributed by atoms with Crippen molar-refractivity contribution in [2.45, 2.75) is 69.2 Å². The van der Waals surface area contributed by atoms with E-state index in [0.717, 1.165) is 21.9 Å². The molecule has 0 radical (unpaired) electrons. The lowest BCUT2D eigenvalue weighted by Gasteiger charge is -2.39. The molecule has 2 fully saturated rings. The molecule has 1 spiro atoms. The highest BCUT2D eigenvalue weighted by atomic mass is 28.3. The van der Waals surface area contributed by atoms with Gasteiger partial charge in [0, 0.05) is 35.8 Å². The van der Waals surface area contributed by atoms with Gasteiger partial charge in [-0.3, -0.25) is 24.6 Å². The van der Waals surface area contributed by atoms with Crippen molar-refractivity contribution >= 4 is 48.2 Å². The number of fused-ring (bicyclic) bond motifs is 3. The number of carbonyl (C=O) groups is 3. The number of rotatable bonds is 10. The third kappa shape index (κ3) is 6.45. The minimum atomic E-state index is -2.67. The average Bonchev–Trinajstić information content (AvgIpc) is 3.85. The topological polar surface area (TPSA) is 152 Å². The summed E-state index contributed by atoms with van der Waals surface area (Å²) in [5.74, 6) is -0.368. The number of hydrogen-bond acceptors (Lipinski definition) is 9.